The minimum absolute atomic E-state index is 0.0474. The Morgan fingerprint density at radius 3 is 2.50 bits per heavy atom. The van der Waals surface area contributed by atoms with E-state index in [0.717, 1.165) is 17.5 Å². The number of amides is 1. The molecule has 38 heavy (non-hydrogen) atoms. The molecule has 1 amide bonds. The largest absolute Gasteiger partial charge is 0.496 e. The summed E-state index contributed by atoms with van der Waals surface area (Å²) >= 11 is 0. The summed E-state index contributed by atoms with van der Waals surface area (Å²) in [6.07, 6.45) is 2.41. The number of carbonyl (C=O) groups is 1. The van der Waals surface area contributed by atoms with E-state index < -0.39 is 4.92 Å². The van der Waals surface area contributed by atoms with Gasteiger partial charge in [0.1, 0.15) is 18.1 Å². The molecular formula is C30H33N3O5. The summed E-state index contributed by atoms with van der Waals surface area (Å²) < 4.78 is 11.3. The molecule has 8 heteroatoms. The lowest BCUT2D eigenvalue weighted by molar-refractivity contribution is -0.385. The first kappa shape index (κ1) is 26.9. The van der Waals surface area contributed by atoms with E-state index in [2.05, 4.69) is 55.6 Å². The summed E-state index contributed by atoms with van der Waals surface area (Å²) in [5.74, 6) is 1.23. The molecular weight excluding hydrogens is 482 g/mol. The Morgan fingerprint density at radius 1 is 1.13 bits per heavy atom. The molecule has 3 aromatic rings. The molecule has 1 aliphatic rings. The lowest BCUT2D eigenvalue weighted by atomic mass is 9.86. The van der Waals surface area contributed by atoms with Gasteiger partial charge >= 0.3 is 0 Å². The van der Waals surface area contributed by atoms with Gasteiger partial charge in [-0.05, 0) is 71.7 Å². The van der Waals surface area contributed by atoms with E-state index in [1.807, 2.05) is 12.1 Å². The molecule has 0 unspecified atom stereocenters. The lowest BCUT2D eigenvalue weighted by Crippen LogP contribution is -2.20. The van der Waals surface area contributed by atoms with Crippen LogP contribution in [0, 0.1) is 23.0 Å². The van der Waals surface area contributed by atoms with E-state index in [0.29, 0.717) is 17.1 Å². The van der Waals surface area contributed by atoms with Crippen molar-refractivity contribution < 1.29 is 19.2 Å². The molecule has 1 N–H and O–H groups in total. The number of hydrazone groups is 1. The van der Waals surface area contributed by atoms with Crippen LogP contribution in [-0.4, -0.2) is 24.2 Å². The second-order valence-corrected chi connectivity index (χ2v) is 10.6. The van der Waals surface area contributed by atoms with Crippen LogP contribution in [0.4, 0.5) is 5.69 Å². The average molecular weight is 516 g/mol. The highest BCUT2D eigenvalue weighted by Crippen LogP contribution is 2.47. The maximum atomic E-state index is 12.6. The first-order valence-corrected chi connectivity index (χ1v) is 12.5. The number of hydrogen-bond acceptors (Lipinski definition) is 6. The van der Waals surface area contributed by atoms with Crippen molar-refractivity contribution in [1.29, 1.82) is 0 Å². The molecule has 4 rings (SSSR count). The van der Waals surface area contributed by atoms with Crippen molar-refractivity contribution in [1.82, 2.24) is 5.43 Å². The highest BCUT2D eigenvalue weighted by molar-refractivity contribution is 5.85. The Bertz CT molecular complexity index is 1360. The maximum absolute atomic E-state index is 12.6. The predicted molar refractivity (Wildman–Crippen MR) is 147 cm³/mol. The zero-order valence-corrected chi connectivity index (χ0v) is 22.4. The molecule has 0 spiro atoms. The molecule has 0 radical (unpaired) electrons. The lowest BCUT2D eigenvalue weighted by Gasteiger charge is -2.19. The number of methoxy groups -OCH3 is 1. The van der Waals surface area contributed by atoms with E-state index in [9.17, 15) is 14.9 Å². The first-order chi connectivity index (χ1) is 18.1. The van der Waals surface area contributed by atoms with Crippen LogP contribution < -0.4 is 14.9 Å². The van der Waals surface area contributed by atoms with Crippen LogP contribution in [0.3, 0.4) is 0 Å². The fourth-order valence-corrected chi connectivity index (χ4v) is 4.41. The standard InChI is InChI=1S/C30H33N3O5/c1-19-14-24(11-12-27(19)33(35)36)38-18-22-15-20(6-13-28(22)37-5)17-31-32-29(34)26-16-25(26)21-7-9-23(10-8-21)30(2,3)4/h6-15,17,25-26H,16,18H2,1-5H3,(H,32,34)/b31-17+/t25-,26+/m0/s1. The van der Waals surface area contributed by atoms with Gasteiger partial charge in [0.25, 0.3) is 5.69 Å². The molecule has 8 nitrogen and oxygen atoms in total. The molecule has 0 heterocycles. The number of nitrogens with zero attached hydrogens (tertiary/aromatic N) is 2. The van der Waals surface area contributed by atoms with Gasteiger partial charge in [-0.25, -0.2) is 5.43 Å². The molecule has 1 aliphatic carbocycles. The van der Waals surface area contributed by atoms with Crippen molar-refractivity contribution in [3.63, 3.8) is 0 Å². The Hall–Kier alpha value is -4.20. The van der Waals surface area contributed by atoms with E-state index in [1.54, 1.807) is 38.4 Å². The Kier molecular flexibility index (Phi) is 7.80. The van der Waals surface area contributed by atoms with Gasteiger partial charge in [-0.3, -0.25) is 14.9 Å². The highest BCUT2D eigenvalue weighted by atomic mass is 16.6. The molecule has 1 saturated carbocycles. The molecule has 0 aliphatic heterocycles. The minimum atomic E-state index is -0.419. The molecule has 2 atom stereocenters. The smallest absolute Gasteiger partial charge is 0.272 e. The average Bonchev–Trinajstić information content (AvgIpc) is 3.68. The number of carbonyl (C=O) groups excluding carboxylic acids is 1. The minimum Gasteiger partial charge on any atom is -0.496 e. The number of ether oxygens (including phenoxy) is 2. The SMILES string of the molecule is COc1ccc(/C=N/NC(=O)[C@@H]2C[C@H]2c2ccc(C(C)(C)C)cc2)cc1COc1ccc([N+](=O)[O-])c(C)c1. The predicted octanol–water partition coefficient (Wildman–Crippen LogP) is 6.04. The van der Waals surface area contributed by atoms with Crippen LogP contribution in [0.25, 0.3) is 0 Å². The first-order valence-electron chi connectivity index (χ1n) is 12.5. The topological polar surface area (TPSA) is 103 Å². The van der Waals surface area contributed by atoms with Gasteiger partial charge in [-0.1, -0.05) is 45.0 Å². The zero-order valence-electron chi connectivity index (χ0n) is 22.4. The fourth-order valence-electron chi connectivity index (χ4n) is 4.41. The van der Waals surface area contributed by atoms with Crippen LogP contribution in [-0.2, 0) is 16.8 Å². The third kappa shape index (κ3) is 6.37. The molecule has 3 aromatic carbocycles. The number of aryl methyl sites for hydroxylation is 1. The van der Waals surface area contributed by atoms with Crippen LogP contribution in [0.5, 0.6) is 11.5 Å². The number of nitro groups is 1. The van der Waals surface area contributed by atoms with E-state index in [4.69, 9.17) is 9.47 Å². The van der Waals surface area contributed by atoms with Crippen LogP contribution in [0.2, 0.25) is 0 Å². The summed E-state index contributed by atoms with van der Waals surface area (Å²) in [5, 5.41) is 15.2. The number of nitro benzene ring substituents is 1. The van der Waals surface area contributed by atoms with Crippen LogP contribution >= 0.6 is 0 Å². The third-order valence-electron chi connectivity index (χ3n) is 6.78. The van der Waals surface area contributed by atoms with Gasteiger partial charge in [0.2, 0.25) is 5.91 Å². The molecule has 0 bridgehead atoms. The molecule has 0 aromatic heterocycles. The van der Waals surface area contributed by atoms with Gasteiger partial charge in [-0.15, -0.1) is 0 Å². The fraction of sp³-hybridized carbons (Fsp3) is 0.333. The van der Waals surface area contributed by atoms with Gasteiger partial charge < -0.3 is 9.47 Å². The highest BCUT2D eigenvalue weighted by Gasteiger charge is 2.44. The summed E-state index contributed by atoms with van der Waals surface area (Å²) in [6, 6.07) is 18.7. The molecule has 1 fully saturated rings. The zero-order chi connectivity index (χ0) is 27.4. The van der Waals surface area contributed by atoms with Gasteiger partial charge in [-0.2, -0.15) is 5.10 Å². The Morgan fingerprint density at radius 2 is 1.87 bits per heavy atom. The summed E-state index contributed by atoms with van der Waals surface area (Å²) in [6.45, 7) is 8.43. The molecule has 0 saturated heterocycles. The van der Waals surface area contributed by atoms with E-state index >= 15 is 0 Å². The normalized spacial score (nSPS) is 16.8. The number of rotatable bonds is 9. The van der Waals surface area contributed by atoms with Crippen molar-refractivity contribution in [2.75, 3.05) is 7.11 Å². The Labute approximate surface area is 222 Å². The number of benzene rings is 3. The summed E-state index contributed by atoms with van der Waals surface area (Å²) in [7, 11) is 1.57. The van der Waals surface area contributed by atoms with Crippen molar-refractivity contribution in [2.45, 2.75) is 52.1 Å². The van der Waals surface area contributed by atoms with Crippen molar-refractivity contribution in [2.24, 2.45) is 11.0 Å². The van der Waals surface area contributed by atoms with E-state index in [-0.39, 0.29) is 35.5 Å². The van der Waals surface area contributed by atoms with Crippen LogP contribution in [0.15, 0.2) is 65.8 Å². The van der Waals surface area contributed by atoms with Crippen molar-refractivity contribution in [3.8, 4) is 11.5 Å². The van der Waals surface area contributed by atoms with Gasteiger partial charge in [0, 0.05) is 23.1 Å². The monoisotopic (exact) mass is 515 g/mol. The quantitative estimate of drug-likeness (QED) is 0.213. The van der Waals surface area contributed by atoms with Gasteiger partial charge in [0.15, 0.2) is 0 Å². The summed E-state index contributed by atoms with van der Waals surface area (Å²) in [4.78, 5) is 23.2. The van der Waals surface area contributed by atoms with Gasteiger partial charge in [0.05, 0.1) is 18.2 Å². The number of hydrogen-bond donors (Lipinski definition) is 1. The van der Waals surface area contributed by atoms with Crippen molar-refractivity contribution in [3.05, 3.63) is 98.6 Å². The molecule has 198 valence electrons. The second-order valence-electron chi connectivity index (χ2n) is 10.6. The van der Waals surface area contributed by atoms with Crippen molar-refractivity contribution >= 4 is 17.8 Å². The maximum Gasteiger partial charge on any atom is 0.272 e. The van der Waals surface area contributed by atoms with Crippen LogP contribution in [0.1, 0.15) is 60.9 Å². The second kappa shape index (κ2) is 11.0. The summed E-state index contributed by atoms with van der Waals surface area (Å²) in [5.41, 5.74) is 7.35. The van der Waals surface area contributed by atoms with E-state index in [1.165, 1.54) is 17.2 Å². The number of nitrogens with one attached hydrogen (secondary N) is 1. The Balaban J connectivity index is 1.34. The third-order valence-corrected chi connectivity index (χ3v) is 6.78.